The van der Waals surface area contributed by atoms with Crippen LogP contribution in [0.15, 0.2) is 81.7 Å². The molecular weight excluding hydrogens is 713 g/mol. The molecule has 1 saturated heterocycles. The van der Waals surface area contributed by atoms with Crippen molar-refractivity contribution < 1.29 is 33.8 Å². The number of imide groups is 1. The first-order valence-electron chi connectivity index (χ1n) is 19.1. The Morgan fingerprint density at radius 3 is 2.70 bits per heavy atom. The summed E-state index contributed by atoms with van der Waals surface area (Å²) in [6.07, 6.45) is 15.7. The highest BCUT2D eigenvalue weighted by Crippen LogP contribution is 2.71. The lowest BCUT2D eigenvalue weighted by Crippen LogP contribution is -2.54. The molecule has 11 nitrogen and oxygen atoms in total. The van der Waals surface area contributed by atoms with E-state index in [1.807, 2.05) is 12.2 Å². The van der Waals surface area contributed by atoms with Crippen LogP contribution in [0.2, 0.25) is 0 Å². The Bertz CT molecular complexity index is 1820. The van der Waals surface area contributed by atoms with E-state index in [-0.39, 0.29) is 53.4 Å². The van der Waals surface area contributed by atoms with Gasteiger partial charge in [0, 0.05) is 54.8 Å². The number of fused-ring (bicyclic) bond motifs is 2. The Hall–Kier alpha value is -3.52. The van der Waals surface area contributed by atoms with Gasteiger partial charge < -0.3 is 30.5 Å². The number of hydrogen-bond acceptors (Lipinski definition) is 12. The summed E-state index contributed by atoms with van der Waals surface area (Å²) in [5.41, 5.74) is 3.25. The third-order valence-corrected chi connectivity index (χ3v) is 14.9. The van der Waals surface area contributed by atoms with Gasteiger partial charge in [0.15, 0.2) is 0 Å². The number of aliphatic hydroxyl groups is 1. The van der Waals surface area contributed by atoms with Gasteiger partial charge in [-0.1, -0.05) is 47.9 Å². The van der Waals surface area contributed by atoms with Gasteiger partial charge in [0.25, 0.3) is 11.8 Å². The summed E-state index contributed by atoms with van der Waals surface area (Å²) in [6.45, 7) is 7.11. The molecule has 8 atom stereocenters. The molecule has 0 aromatic heterocycles. The fourth-order valence-electron chi connectivity index (χ4n) is 10.0. The highest BCUT2D eigenvalue weighted by molar-refractivity contribution is 8.76. The number of ether oxygens (including phenoxy) is 2. The Morgan fingerprint density at radius 1 is 1.11 bits per heavy atom. The maximum absolute atomic E-state index is 14.6. The summed E-state index contributed by atoms with van der Waals surface area (Å²) in [7, 11) is 3.38. The van der Waals surface area contributed by atoms with E-state index in [9.17, 15) is 24.3 Å². The van der Waals surface area contributed by atoms with Gasteiger partial charge in [-0.3, -0.25) is 14.5 Å². The molecule has 53 heavy (non-hydrogen) atoms. The summed E-state index contributed by atoms with van der Waals surface area (Å²) in [4.78, 5) is 56.2. The number of unbranched alkanes of at least 4 members (excludes halogenated alkanes) is 1. The van der Waals surface area contributed by atoms with Gasteiger partial charge in [0.1, 0.15) is 11.5 Å². The summed E-state index contributed by atoms with van der Waals surface area (Å²) in [6, 6.07) is 0. The molecule has 0 unspecified atom stereocenters. The highest BCUT2D eigenvalue weighted by atomic mass is 33.1. The second-order valence-electron chi connectivity index (χ2n) is 15.5. The number of cyclic esters (lactones) is 1. The molecule has 4 N–H and O–H groups in total. The van der Waals surface area contributed by atoms with Crippen LogP contribution in [0, 0.1) is 35.0 Å². The number of nitrogens with zero attached hydrogens (tertiary/aromatic N) is 1. The van der Waals surface area contributed by atoms with Crippen LogP contribution in [-0.2, 0) is 28.7 Å². The van der Waals surface area contributed by atoms with Gasteiger partial charge in [-0.05, 0) is 92.6 Å². The van der Waals surface area contributed by atoms with E-state index in [4.69, 9.17) is 9.47 Å². The number of esters is 2. The molecule has 0 radical (unpaired) electrons. The first-order valence-corrected chi connectivity index (χ1v) is 21.5. The average molecular weight is 761 g/mol. The van der Waals surface area contributed by atoms with Crippen LogP contribution >= 0.6 is 21.6 Å². The van der Waals surface area contributed by atoms with E-state index in [0.29, 0.717) is 60.9 Å². The summed E-state index contributed by atoms with van der Waals surface area (Å²) in [5.74, 6) is 0.608. The third kappa shape index (κ3) is 6.25. The maximum Gasteiger partial charge on any atom is 0.340 e. The van der Waals surface area contributed by atoms with Crippen molar-refractivity contribution in [1.29, 1.82) is 0 Å². The average Bonchev–Trinajstić information content (AvgIpc) is 3.76. The molecule has 1 spiro atoms. The quantitative estimate of drug-likeness (QED) is 0.160. The van der Waals surface area contributed by atoms with Gasteiger partial charge in [-0.2, -0.15) is 0 Å². The van der Waals surface area contributed by atoms with E-state index in [1.54, 1.807) is 28.5 Å². The van der Waals surface area contributed by atoms with Crippen LogP contribution in [0.3, 0.4) is 0 Å². The van der Waals surface area contributed by atoms with E-state index in [0.717, 1.165) is 48.2 Å². The minimum absolute atomic E-state index is 0.00601. The van der Waals surface area contributed by atoms with Crippen molar-refractivity contribution in [2.24, 2.45) is 35.0 Å². The van der Waals surface area contributed by atoms with Crippen molar-refractivity contribution in [1.82, 2.24) is 20.9 Å². The summed E-state index contributed by atoms with van der Waals surface area (Å²) in [5, 5.41) is 20.6. The molecule has 2 fully saturated rings. The van der Waals surface area contributed by atoms with Crippen LogP contribution in [0.4, 0.5) is 0 Å². The predicted molar refractivity (Wildman–Crippen MR) is 203 cm³/mol. The molecule has 4 aliphatic carbocycles. The number of allylic oxidation sites excluding steroid dienone is 5. The van der Waals surface area contributed by atoms with E-state index in [2.05, 4.69) is 41.9 Å². The molecule has 13 heteroatoms. The predicted octanol–water partition coefficient (Wildman–Crippen LogP) is 4.87. The molecule has 9 aliphatic rings. The Morgan fingerprint density at radius 2 is 1.92 bits per heavy atom. The second kappa shape index (κ2) is 14.6. The van der Waals surface area contributed by atoms with Crippen molar-refractivity contribution in [2.75, 3.05) is 25.5 Å². The molecule has 5 aliphatic heterocycles. The van der Waals surface area contributed by atoms with Crippen molar-refractivity contribution in [3.63, 3.8) is 0 Å². The van der Waals surface area contributed by atoms with E-state index in [1.165, 1.54) is 17.1 Å². The van der Waals surface area contributed by atoms with Crippen LogP contribution in [0.5, 0.6) is 0 Å². The zero-order valence-electron chi connectivity index (χ0n) is 30.4. The summed E-state index contributed by atoms with van der Waals surface area (Å²) < 4.78 is 12.4. The number of dihydropyridines is 1. The molecule has 9 rings (SSSR count). The standard InChI is InChI=1S/C40H48N4O7S2/c1-4-5-6-28-26-9-8-25-24-13-15-40(35(25)34(26)38(48)50-28)29-10-7-21(2)37(42-18-22(3)45)53-52-20-43-30-17-23(14-16-41-30)27(33(24)36(40)39(49)51-29)19-44-31(46)11-12-32(44)47/h6,10-12,14,17,21-22,24-25,27,35,37,41-43,45H,4-5,7-9,13,15-16,18-20H2,1-3H3/b28-6-,29-10-/t21-,22+,24+,25+,27+,35-,37-,40+/m1/s1. The van der Waals surface area contributed by atoms with Gasteiger partial charge in [0.2, 0.25) is 0 Å². The number of amides is 2. The Kier molecular flexibility index (Phi) is 10.1. The smallest absolute Gasteiger partial charge is 0.340 e. The molecule has 1 saturated carbocycles. The zero-order chi connectivity index (χ0) is 37.0. The molecular formula is C40H48N4O7S2. The third-order valence-electron chi connectivity index (χ3n) is 12.3. The molecule has 5 heterocycles. The molecule has 0 aromatic carbocycles. The van der Waals surface area contributed by atoms with Gasteiger partial charge in [-0.15, -0.1) is 0 Å². The second-order valence-corrected chi connectivity index (χ2v) is 18.0. The number of carbonyl (C=O) groups excluding carboxylic acids is 4. The summed E-state index contributed by atoms with van der Waals surface area (Å²) >= 11 is 0. The molecule has 7 bridgehead atoms. The fraction of sp³-hybridized carbons (Fsp3) is 0.550. The first kappa shape index (κ1) is 36.5. The number of aliphatic hydroxyl groups excluding tert-OH is 1. The van der Waals surface area contributed by atoms with Crippen LogP contribution in [0.25, 0.3) is 0 Å². The topological polar surface area (TPSA) is 146 Å². The lowest BCUT2D eigenvalue weighted by molar-refractivity contribution is -0.138. The lowest BCUT2D eigenvalue weighted by Gasteiger charge is -2.57. The molecule has 0 aromatic rings. The normalized spacial score (nSPS) is 36.0. The van der Waals surface area contributed by atoms with Crippen molar-refractivity contribution in [2.45, 2.75) is 77.2 Å². The number of hydrogen-bond donors (Lipinski definition) is 4. The SMILES string of the molecule is CCC/C=C1\OC(=O)C2=C1CC[C@H]1[C@@H]3CC[C@@]4(C5=C3[C@@H](CN3C(=O)C=CC3=O)C3=CCNC(=C3)NCSS[C@@H](NC[C@H](C)O)[C@H](C)C/C=C/4OC5=O)[C@@H]21. The van der Waals surface area contributed by atoms with Crippen LogP contribution in [-0.4, -0.2) is 70.7 Å². The lowest BCUT2D eigenvalue weighted by atomic mass is 9.43. The van der Waals surface area contributed by atoms with Crippen molar-refractivity contribution >= 4 is 45.3 Å². The van der Waals surface area contributed by atoms with Crippen molar-refractivity contribution in [3.05, 3.63) is 81.7 Å². The number of rotatable bonds is 7. The molecule has 282 valence electrons. The van der Waals surface area contributed by atoms with Crippen LogP contribution < -0.4 is 16.0 Å². The minimum Gasteiger partial charge on any atom is -0.427 e. The highest BCUT2D eigenvalue weighted by Gasteiger charge is 2.69. The number of carbonyl (C=O) groups is 4. The van der Waals surface area contributed by atoms with Gasteiger partial charge in [0.05, 0.1) is 34.2 Å². The first-order chi connectivity index (χ1) is 25.6. The Labute approximate surface area is 318 Å². The zero-order valence-corrected chi connectivity index (χ0v) is 32.1. The largest absolute Gasteiger partial charge is 0.427 e. The number of nitrogens with one attached hydrogen (secondary N) is 3. The Balaban J connectivity index is 1.33. The van der Waals surface area contributed by atoms with Crippen molar-refractivity contribution in [3.8, 4) is 0 Å². The van der Waals surface area contributed by atoms with E-state index >= 15 is 0 Å². The monoisotopic (exact) mass is 760 g/mol. The van der Waals surface area contributed by atoms with E-state index < -0.39 is 23.4 Å². The van der Waals surface area contributed by atoms with Crippen LogP contribution in [0.1, 0.15) is 65.7 Å². The fourth-order valence-corrected chi connectivity index (χ4v) is 12.5. The van der Waals surface area contributed by atoms with Gasteiger partial charge in [-0.25, -0.2) is 9.59 Å². The molecule has 2 amide bonds. The maximum atomic E-state index is 14.6. The minimum atomic E-state index is -0.888. The van der Waals surface area contributed by atoms with Gasteiger partial charge >= 0.3 is 11.9 Å².